The van der Waals surface area contributed by atoms with Gasteiger partial charge in [0.15, 0.2) is 0 Å². The van der Waals surface area contributed by atoms with Gasteiger partial charge in [0.1, 0.15) is 5.75 Å². The SMILES string of the molecule is O=c1[nH]cc(-c2ccccc2OC(F)(F)F)cc1CO. The van der Waals surface area contributed by atoms with Crippen LogP contribution in [0, 0.1) is 0 Å². The molecule has 0 atom stereocenters. The third kappa shape index (κ3) is 3.18. The normalized spacial score (nSPS) is 11.4. The van der Waals surface area contributed by atoms with Crippen molar-refractivity contribution in [3.8, 4) is 16.9 Å². The van der Waals surface area contributed by atoms with Crippen LogP contribution in [0.4, 0.5) is 13.2 Å². The Labute approximate surface area is 111 Å². The first-order chi connectivity index (χ1) is 9.40. The first-order valence-corrected chi connectivity index (χ1v) is 5.58. The monoisotopic (exact) mass is 285 g/mol. The van der Waals surface area contributed by atoms with E-state index in [1.54, 1.807) is 6.07 Å². The lowest BCUT2D eigenvalue weighted by Crippen LogP contribution is -2.18. The van der Waals surface area contributed by atoms with Gasteiger partial charge in [-0.2, -0.15) is 0 Å². The molecular formula is C13H10F3NO3. The third-order valence-corrected chi connectivity index (χ3v) is 2.57. The Hall–Kier alpha value is -2.28. The lowest BCUT2D eigenvalue weighted by Gasteiger charge is -2.13. The summed E-state index contributed by atoms with van der Waals surface area (Å²) in [5.41, 5.74) is 0.0408. The molecular weight excluding hydrogens is 275 g/mol. The molecule has 1 heterocycles. The lowest BCUT2D eigenvalue weighted by atomic mass is 10.1. The summed E-state index contributed by atoms with van der Waals surface area (Å²) in [6, 6.07) is 6.87. The summed E-state index contributed by atoms with van der Waals surface area (Å²) in [4.78, 5) is 13.7. The quantitative estimate of drug-likeness (QED) is 0.910. The average Bonchev–Trinajstić information content (AvgIpc) is 2.38. The Bertz CT molecular complexity index is 664. The van der Waals surface area contributed by atoms with Gasteiger partial charge in [0.05, 0.1) is 6.61 Å². The van der Waals surface area contributed by atoms with Crippen LogP contribution in [0.25, 0.3) is 11.1 Å². The number of alkyl halides is 3. The Morgan fingerprint density at radius 3 is 2.60 bits per heavy atom. The minimum Gasteiger partial charge on any atom is -0.405 e. The molecule has 0 saturated heterocycles. The van der Waals surface area contributed by atoms with E-state index in [2.05, 4.69) is 9.72 Å². The van der Waals surface area contributed by atoms with E-state index in [9.17, 15) is 18.0 Å². The molecule has 0 aliphatic carbocycles. The Morgan fingerprint density at radius 1 is 1.25 bits per heavy atom. The topological polar surface area (TPSA) is 62.3 Å². The van der Waals surface area contributed by atoms with Crippen molar-refractivity contribution in [1.82, 2.24) is 4.98 Å². The number of ether oxygens (including phenoxy) is 1. The number of aromatic nitrogens is 1. The number of benzene rings is 1. The summed E-state index contributed by atoms with van der Waals surface area (Å²) >= 11 is 0. The average molecular weight is 285 g/mol. The lowest BCUT2D eigenvalue weighted by molar-refractivity contribution is -0.274. The standard InChI is InChI=1S/C13H10F3NO3/c14-13(15,16)20-11-4-2-1-3-10(11)8-5-9(7-18)12(19)17-6-8/h1-6,18H,7H2,(H,17,19). The predicted molar refractivity (Wildman–Crippen MR) is 65.1 cm³/mol. The van der Waals surface area contributed by atoms with E-state index < -0.39 is 18.5 Å². The molecule has 2 N–H and O–H groups in total. The molecule has 2 rings (SSSR count). The van der Waals surface area contributed by atoms with Gasteiger partial charge in [-0.15, -0.1) is 13.2 Å². The van der Waals surface area contributed by atoms with Crippen LogP contribution < -0.4 is 10.3 Å². The molecule has 1 aromatic heterocycles. The molecule has 20 heavy (non-hydrogen) atoms. The van der Waals surface area contributed by atoms with Crippen LogP contribution in [0.2, 0.25) is 0 Å². The number of pyridine rings is 1. The summed E-state index contributed by atoms with van der Waals surface area (Å²) in [5.74, 6) is -0.379. The van der Waals surface area contributed by atoms with E-state index in [0.717, 1.165) is 0 Å². The minimum atomic E-state index is -4.81. The van der Waals surface area contributed by atoms with Gasteiger partial charge in [-0.1, -0.05) is 18.2 Å². The molecule has 0 aliphatic rings. The predicted octanol–water partition coefficient (Wildman–Crippen LogP) is 2.43. The van der Waals surface area contributed by atoms with E-state index in [1.807, 2.05) is 0 Å². The van der Waals surface area contributed by atoms with Crippen LogP contribution in [-0.2, 0) is 6.61 Å². The number of halogens is 3. The van der Waals surface area contributed by atoms with Crippen molar-refractivity contribution in [2.24, 2.45) is 0 Å². The van der Waals surface area contributed by atoms with Crippen molar-refractivity contribution in [3.63, 3.8) is 0 Å². The number of aliphatic hydroxyl groups excluding tert-OH is 1. The van der Waals surface area contributed by atoms with Crippen LogP contribution in [0.1, 0.15) is 5.56 Å². The van der Waals surface area contributed by atoms with Crippen LogP contribution >= 0.6 is 0 Å². The minimum absolute atomic E-state index is 0.0595. The van der Waals surface area contributed by atoms with E-state index in [-0.39, 0.29) is 16.9 Å². The van der Waals surface area contributed by atoms with E-state index >= 15 is 0 Å². The Balaban J connectivity index is 2.50. The van der Waals surface area contributed by atoms with Crippen LogP contribution in [-0.4, -0.2) is 16.5 Å². The number of hydrogen-bond acceptors (Lipinski definition) is 3. The number of H-pyrrole nitrogens is 1. The molecule has 1 aromatic carbocycles. The fourth-order valence-corrected chi connectivity index (χ4v) is 1.72. The number of aromatic amines is 1. The number of hydrogen-bond donors (Lipinski definition) is 2. The van der Waals surface area contributed by atoms with Crippen LogP contribution in [0.15, 0.2) is 41.3 Å². The summed E-state index contributed by atoms with van der Waals surface area (Å²) < 4.78 is 40.9. The number of aliphatic hydroxyl groups is 1. The highest BCUT2D eigenvalue weighted by atomic mass is 19.4. The van der Waals surface area contributed by atoms with Gasteiger partial charge >= 0.3 is 6.36 Å². The van der Waals surface area contributed by atoms with Gasteiger partial charge in [-0.05, 0) is 12.1 Å². The van der Waals surface area contributed by atoms with Crippen molar-refractivity contribution < 1.29 is 23.0 Å². The second-order valence-electron chi connectivity index (χ2n) is 3.94. The molecule has 0 aliphatic heterocycles. The maximum absolute atomic E-state index is 12.3. The Kier molecular flexibility index (Phi) is 3.80. The molecule has 106 valence electrons. The molecule has 0 spiro atoms. The highest BCUT2D eigenvalue weighted by Crippen LogP contribution is 2.33. The fourth-order valence-electron chi connectivity index (χ4n) is 1.72. The van der Waals surface area contributed by atoms with Gasteiger partial charge in [0, 0.05) is 22.9 Å². The van der Waals surface area contributed by atoms with Crippen molar-refractivity contribution in [2.45, 2.75) is 13.0 Å². The molecule has 0 radical (unpaired) electrons. The Morgan fingerprint density at radius 2 is 1.95 bits per heavy atom. The van der Waals surface area contributed by atoms with Gasteiger partial charge in [-0.3, -0.25) is 4.79 Å². The highest BCUT2D eigenvalue weighted by molar-refractivity contribution is 5.70. The third-order valence-electron chi connectivity index (χ3n) is 2.57. The van der Waals surface area contributed by atoms with Gasteiger partial charge in [0.2, 0.25) is 0 Å². The van der Waals surface area contributed by atoms with E-state index in [1.165, 1.54) is 30.5 Å². The second kappa shape index (κ2) is 5.38. The molecule has 0 saturated carbocycles. The van der Waals surface area contributed by atoms with E-state index in [4.69, 9.17) is 5.11 Å². The summed E-state index contributed by atoms with van der Waals surface area (Å²) in [6.07, 6.45) is -3.54. The van der Waals surface area contributed by atoms with Gasteiger partial charge in [-0.25, -0.2) is 0 Å². The molecule has 7 heteroatoms. The number of para-hydroxylation sites is 1. The smallest absolute Gasteiger partial charge is 0.405 e. The maximum atomic E-state index is 12.3. The van der Waals surface area contributed by atoms with Crippen molar-refractivity contribution >= 4 is 0 Å². The fraction of sp³-hybridized carbons (Fsp3) is 0.154. The first kappa shape index (κ1) is 14.1. The molecule has 2 aromatic rings. The first-order valence-electron chi connectivity index (χ1n) is 5.58. The molecule has 0 bridgehead atoms. The van der Waals surface area contributed by atoms with Crippen molar-refractivity contribution in [1.29, 1.82) is 0 Å². The molecule has 0 fully saturated rings. The molecule has 4 nitrogen and oxygen atoms in total. The zero-order chi connectivity index (χ0) is 14.8. The zero-order valence-electron chi connectivity index (χ0n) is 10.1. The van der Waals surface area contributed by atoms with Gasteiger partial charge in [0.25, 0.3) is 5.56 Å². The molecule has 0 unspecified atom stereocenters. The maximum Gasteiger partial charge on any atom is 0.573 e. The molecule has 0 amide bonds. The largest absolute Gasteiger partial charge is 0.573 e. The summed E-state index contributed by atoms with van der Waals surface area (Å²) in [5, 5.41) is 9.01. The van der Waals surface area contributed by atoms with Crippen LogP contribution in [0.3, 0.4) is 0 Å². The summed E-state index contributed by atoms with van der Waals surface area (Å²) in [6.45, 7) is -0.508. The number of nitrogens with one attached hydrogen (secondary N) is 1. The number of rotatable bonds is 3. The highest BCUT2D eigenvalue weighted by Gasteiger charge is 2.32. The summed E-state index contributed by atoms with van der Waals surface area (Å²) in [7, 11) is 0. The van der Waals surface area contributed by atoms with Crippen LogP contribution in [0.5, 0.6) is 5.75 Å². The van der Waals surface area contributed by atoms with E-state index in [0.29, 0.717) is 5.56 Å². The van der Waals surface area contributed by atoms with Crippen molar-refractivity contribution in [3.05, 3.63) is 52.4 Å². The van der Waals surface area contributed by atoms with Crippen molar-refractivity contribution in [2.75, 3.05) is 0 Å². The second-order valence-corrected chi connectivity index (χ2v) is 3.94. The zero-order valence-corrected chi connectivity index (χ0v) is 10.1. The van der Waals surface area contributed by atoms with Gasteiger partial charge < -0.3 is 14.8 Å².